The van der Waals surface area contributed by atoms with Crippen LogP contribution in [0.15, 0.2) is 352 Å². The van der Waals surface area contributed by atoms with Crippen molar-refractivity contribution in [2.24, 2.45) is 0 Å². The highest BCUT2D eigenvalue weighted by molar-refractivity contribution is 6.23. The van der Waals surface area contributed by atoms with Crippen molar-refractivity contribution in [2.75, 3.05) is 0 Å². The average Bonchev–Trinajstić information content (AvgIpc) is 0.775. The molecule has 0 aliphatic rings. The lowest BCUT2D eigenvalue weighted by atomic mass is 9.77. The molecule has 18 aromatic carbocycles. The van der Waals surface area contributed by atoms with Crippen LogP contribution in [0.4, 0.5) is 0 Å². The van der Waals surface area contributed by atoms with E-state index in [1.54, 1.807) is 0 Å². The van der Waals surface area contributed by atoms with Gasteiger partial charge in [-0.3, -0.25) is 0 Å². The fourth-order valence-corrected chi connectivity index (χ4v) is 15.6. The van der Waals surface area contributed by atoms with Crippen LogP contribution >= 0.6 is 0 Å². The molecule has 0 amide bonds. The summed E-state index contributed by atoms with van der Waals surface area (Å²) in [4.78, 5) is 0. The Kier molecular flexibility index (Phi) is 13.3. The molecule has 0 heteroatoms. The Bertz CT molecular complexity index is 5570. The second kappa shape index (κ2) is 22.7. The molecule has 0 nitrogen and oxygen atoms in total. The zero-order chi connectivity index (χ0) is 63.1. The predicted molar refractivity (Wildman–Crippen MR) is 409 cm³/mol. The molecule has 0 fully saturated rings. The van der Waals surface area contributed by atoms with Gasteiger partial charge in [0.05, 0.1) is 0 Å². The summed E-state index contributed by atoms with van der Waals surface area (Å²) in [5, 5.41) is 20.0. The van der Waals surface area contributed by atoms with Crippen LogP contribution in [0.1, 0.15) is 25.0 Å². The van der Waals surface area contributed by atoms with E-state index in [9.17, 15) is 0 Å². The molecule has 0 aliphatic heterocycles. The molecular weight excluding hydrogens is 1140 g/mol. The van der Waals surface area contributed by atoms with Crippen molar-refractivity contribution < 1.29 is 0 Å². The lowest BCUT2D eigenvalue weighted by Gasteiger charge is -2.26. The number of benzene rings is 18. The van der Waals surface area contributed by atoms with Crippen molar-refractivity contribution in [1.82, 2.24) is 0 Å². The average molecular weight is 1210 g/mol. The van der Waals surface area contributed by atoms with E-state index < -0.39 is 0 Å². The van der Waals surface area contributed by atoms with Crippen LogP contribution in [0.2, 0.25) is 0 Å². The van der Waals surface area contributed by atoms with Gasteiger partial charge in [-0.05, 0) is 211 Å². The lowest BCUT2D eigenvalue weighted by molar-refractivity contribution is 0.641. The summed E-state index contributed by atoms with van der Waals surface area (Å²) < 4.78 is 0. The van der Waals surface area contributed by atoms with Gasteiger partial charge in [0, 0.05) is 5.41 Å². The molecule has 0 aromatic heterocycles. The van der Waals surface area contributed by atoms with Crippen LogP contribution in [-0.4, -0.2) is 0 Å². The molecule has 0 saturated carbocycles. The van der Waals surface area contributed by atoms with E-state index in [0.717, 1.165) is 0 Å². The molecular formula is C95H64. The molecule has 0 saturated heterocycles. The fourth-order valence-electron chi connectivity index (χ4n) is 15.6. The number of rotatable bonds is 10. The van der Waals surface area contributed by atoms with Crippen LogP contribution in [0.25, 0.3) is 175 Å². The second-order valence-electron chi connectivity index (χ2n) is 26.2. The van der Waals surface area contributed by atoms with Gasteiger partial charge < -0.3 is 0 Å². The molecule has 0 aliphatic carbocycles. The number of hydrogen-bond acceptors (Lipinski definition) is 0. The molecule has 0 radical (unpaired) electrons. The minimum absolute atomic E-state index is 0.207. The van der Waals surface area contributed by atoms with Crippen molar-refractivity contribution >= 4 is 86.2 Å². The Morgan fingerprint density at radius 2 is 0.389 bits per heavy atom. The van der Waals surface area contributed by atoms with E-state index in [1.807, 2.05) is 0 Å². The van der Waals surface area contributed by atoms with E-state index in [-0.39, 0.29) is 5.41 Å². The summed E-state index contributed by atoms with van der Waals surface area (Å²) >= 11 is 0. The summed E-state index contributed by atoms with van der Waals surface area (Å²) in [6.07, 6.45) is 0. The van der Waals surface area contributed by atoms with Crippen molar-refractivity contribution in [3.8, 4) is 89.0 Å². The molecule has 0 heterocycles. The molecule has 0 unspecified atom stereocenters. The Morgan fingerprint density at radius 1 is 0.158 bits per heavy atom. The van der Waals surface area contributed by atoms with Gasteiger partial charge >= 0.3 is 0 Å². The maximum absolute atomic E-state index is 2.38. The summed E-state index contributed by atoms with van der Waals surface area (Å²) in [5.41, 5.74) is 22.1. The SMILES string of the molecule is CC(C)(c1ccc(-c2ccc3cc(-c4c5ccccc5c(-c5ccc(-c6cccc7ccccc67)cc5)c5ccccc45)ccc3c2)cc1)c1ccc(-c2ccc3cc(-c4c5ccccc5c(-c5ccc(-c6cccc7ccccc67)cc5)c5ccccc45)ccc3c2)cc1. The first kappa shape index (κ1) is 55.8. The van der Waals surface area contributed by atoms with Gasteiger partial charge in [0.15, 0.2) is 0 Å². The Hall–Kier alpha value is -12.0. The third kappa shape index (κ3) is 9.60. The standard InChI is InChI=1S/C95H64/c1-95(2,77-53-49-61(50-54-77)69-41-43-73-59-75(47-45-71(73)57-69)93-87-27-11-7-23-83(87)91(84-24-8-12-28-88(84)93)67-37-33-65(34-38-67)81-31-15-19-63-17-3-5-21-79(63)81)78-55-51-62(52-56-78)70-42-44-74-60-76(48-46-72(74)58-70)94-89-29-13-9-25-85(89)92(86-26-10-14-30-90(86)94)68-39-35-66(36-40-68)82-32-16-20-64-18-4-6-22-80(64)82/h3-60H,1-2H3. The first-order chi connectivity index (χ1) is 46.8. The van der Waals surface area contributed by atoms with Gasteiger partial charge in [0.2, 0.25) is 0 Å². The predicted octanol–water partition coefficient (Wildman–Crippen LogP) is 26.6. The second-order valence-corrected chi connectivity index (χ2v) is 26.2. The van der Waals surface area contributed by atoms with Gasteiger partial charge in [0.1, 0.15) is 0 Å². The topological polar surface area (TPSA) is 0 Å². The molecule has 0 atom stereocenters. The summed E-state index contributed by atoms with van der Waals surface area (Å²) in [6, 6.07) is 131. The first-order valence-corrected chi connectivity index (χ1v) is 33.2. The monoisotopic (exact) mass is 1200 g/mol. The van der Waals surface area contributed by atoms with Crippen LogP contribution in [0, 0.1) is 0 Å². The Balaban J connectivity index is 0.594. The minimum Gasteiger partial charge on any atom is -0.0616 e. The highest BCUT2D eigenvalue weighted by atomic mass is 14.3. The largest absolute Gasteiger partial charge is 0.0616 e. The molecule has 0 spiro atoms. The van der Waals surface area contributed by atoms with Crippen molar-refractivity contribution in [1.29, 1.82) is 0 Å². The number of fused-ring (bicyclic) bond motifs is 8. The summed E-state index contributed by atoms with van der Waals surface area (Å²) in [6.45, 7) is 4.68. The smallest absolute Gasteiger partial charge is 0.0146 e. The maximum Gasteiger partial charge on any atom is 0.0146 e. The normalized spacial score (nSPS) is 11.9. The third-order valence-electron chi connectivity index (χ3n) is 20.5. The Labute approximate surface area is 553 Å². The summed E-state index contributed by atoms with van der Waals surface area (Å²) in [5.74, 6) is 0. The zero-order valence-electron chi connectivity index (χ0n) is 53.0. The Morgan fingerprint density at radius 3 is 0.716 bits per heavy atom. The van der Waals surface area contributed by atoms with Crippen molar-refractivity contribution in [3.63, 3.8) is 0 Å². The van der Waals surface area contributed by atoms with E-state index in [2.05, 4.69) is 366 Å². The molecule has 18 rings (SSSR count). The summed E-state index contributed by atoms with van der Waals surface area (Å²) in [7, 11) is 0. The zero-order valence-corrected chi connectivity index (χ0v) is 53.0. The van der Waals surface area contributed by atoms with Crippen LogP contribution in [-0.2, 0) is 5.41 Å². The number of hydrogen-bond donors (Lipinski definition) is 0. The highest BCUT2D eigenvalue weighted by Gasteiger charge is 2.25. The van der Waals surface area contributed by atoms with Crippen LogP contribution in [0.3, 0.4) is 0 Å². The molecule has 18 aromatic rings. The van der Waals surface area contributed by atoms with Gasteiger partial charge in [0.25, 0.3) is 0 Å². The van der Waals surface area contributed by atoms with Crippen molar-refractivity contribution in [3.05, 3.63) is 363 Å². The molecule has 444 valence electrons. The highest BCUT2D eigenvalue weighted by Crippen LogP contribution is 2.48. The van der Waals surface area contributed by atoms with Gasteiger partial charge in [-0.2, -0.15) is 0 Å². The molecule has 0 bridgehead atoms. The quantitative estimate of drug-likeness (QED) is 0.120. The minimum atomic E-state index is -0.207. The van der Waals surface area contributed by atoms with Gasteiger partial charge in [-0.15, -0.1) is 0 Å². The van der Waals surface area contributed by atoms with Crippen LogP contribution in [0.5, 0.6) is 0 Å². The lowest BCUT2D eigenvalue weighted by Crippen LogP contribution is -2.18. The van der Waals surface area contributed by atoms with Crippen LogP contribution < -0.4 is 0 Å². The van der Waals surface area contributed by atoms with E-state index in [4.69, 9.17) is 0 Å². The van der Waals surface area contributed by atoms with Gasteiger partial charge in [-0.25, -0.2) is 0 Å². The van der Waals surface area contributed by atoms with Gasteiger partial charge in [-0.1, -0.05) is 341 Å². The van der Waals surface area contributed by atoms with E-state index in [0.29, 0.717) is 0 Å². The third-order valence-corrected chi connectivity index (χ3v) is 20.5. The van der Waals surface area contributed by atoms with Crippen molar-refractivity contribution in [2.45, 2.75) is 19.3 Å². The molecule has 95 heavy (non-hydrogen) atoms. The fraction of sp³-hybridized carbons (Fsp3) is 0.0316. The van der Waals surface area contributed by atoms with E-state index in [1.165, 1.54) is 186 Å². The molecule has 0 N–H and O–H groups in total. The maximum atomic E-state index is 2.38. The first-order valence-electron chi connectivity index (χ1n) is 33.2. The van der Waals surface area contributed by atoms with E-state index >= 15 is 0 Å².